The number of amides is 1. The molecule has 0 aliphatic heterocycles. The number of nitrogens with one attached hydrogen (secondary N) is 1. The number of halogens is 2. The second kappa shape index (κ2) is 8.00. The van der Waals surface area contributed by atoms with Gasteiger partial charge in [-0.1, -0.05) is 41.4 Å². The Kier molecular flexibility index (Phi) is 5.53. The van der Waals surface area contributed by atoms with Crippen LogP contribution in [0.2, 0.25) is 10.0 Å². The Morgan fingerprint density at radius 2 is 1.92 bits per heavy atom. The molecule has 128 valence electrons. The standard InChI is InChI=1S/C17H13Cl2N3O3/c18-12-6-7-13(19)14(8-12)24-10-15(23)20-9-16-21-22-17(25-16)11-4-2-1-3-5-11/h1-8H,9-10H2,(H,20,23). The fourth-order valence-corrected chi connectivity index (χ4v) is 2.31. The van der Waals surface area contributed by atoms with Gasteiger partial charge < -0.3 is 14.5 Å². The van der Waals surface area contributed by atoms with Gasteiger partial charge in [-0.25, -0.2) is 0 Å². The maximum Gasteiger partial charge on any atom is 0.258 e. The van der Waals surface area contributed by atoms with Crippen LogP contribution in [0.3, 0.4) is 0 Å². The van der Waals surface area contributed by atoms with E-state index in [9.17, 15) is 4.79 Å². The first kappa shape index (κ1) is 17.3. The van der Waals surface area contributed by atoms with Gasteiger partial charge in [0, 0.05) is 16.7 Å². The smallest absolute Gasteiger partial charge is 0.258 e. The third kappa shape index (κ3) is 4.71. The largest absolute Gasteiger partial charge is 0.482 e. The summed E-state index contributed by atoms with van der Waals surface area (Å²) >= 11 is 11.8. The van der Waals surface area contributed by atoms with Gasteiger partial charge in [0.1, 0.15) is 5.75 Å². The predicted molar refractivity (Wildman–Crippen MR) is 93.5 cm³/mol. The molecule has 0 aliphatic rings. The predicted octanol–water partition coefficient (Wildman–Crippen LogP) is 3.74. The molecule has 0 atom stereocenters. The molecule has 0 unspecified atom stereocenters. The minimum atomic E-state index is -0.351. The molecule has 3 aromatic rings. The molecule has 8 heteroatoms. The minimum absolute atomic E-state index is 0.102. The molecule has 0 saturated carbocycles. The summed E-state index contributed by atoms with van der Waals surface area (Å²) in [6, 6.07) is 14.1. The Labute approximate surface area is 153 Å². The van der Waals surface area contributed by atoms with E-state index in [2.05, 4.69) is 15.5 Å². The number of rotatable bonds is 6. The van der Waals surface area contributed by atoms with Gasteiger partial charge in [-0.15, -0.1) is 10.2 Å². The van der Waals surface area contributed by atoms with Crippen LogP contribution >= 0.6 is 23.2 Å². The number of carbonyl (C=O) groups is 1. The summed E-state index contributed by atoms with van der Waals surface area (Å²) in [5.74, 6) is 0.684. The maximum absolute atomic E-state index is 11.9. The molecule has 1 N–H and O–H groups in total. The van der Waals surface area contributed by atoms with Crippen molar-refractivity contribution in [3.63, 3.8) is 0 Å². The molecular formula is C17H13Cl2N3O3. The van der Waals surface area contributed by atoms with Crippen molar-refractivity contribution in [1.29, 1.82) is 0 Å². The number of aromatic nitrogens is 2. The fourth-order valence-electron chi connectivity index (χ4n) is 1.98. The highest BCUT2D eigenvalue weighted by atomic mass is 35.5. The molecule has 25 heavy (non-hydrogen) atoms. The highest BCUT2D eigenvalue weighted by molar-refractivity contribution is 6.34. The quantitative estimate of drug-likeness (QED) is 0.707. The zero-order valence-electron chi connectivity index (χ0n) is 12.9. The molecule has 3 rings (SSSR count). The first-order chi connectivity index (χ1) is 12.1. The number of ether oxygens (including phenoxy) is 1. The lowest BCUT2D eigenvalue weighted by Crippen LogP contribution is -2.28. The van der Waals surface area contributed by atoms with Gasteiger partial charge in [-0.05, 0) is 24.3 Å². The zero-order chi connectivity index (χ0) is 17.6. The Balaban J connectivity index is 1.51. The van der Waals surface area contributed by atoms with Crippen molar-refractivity contribution in [2.24, 2.45) is 0 Å². The van der Waals surface area contributed by atoms with Gasteiger partial charge in [0.05, 0.1) is 11.6 Å². The molecular weight excluding hydrogens is 365 g/mol. The van der Waals surface area contributed by atoms with Crippen molar-refractivity contribution < 1.29 is 13.9 Å². The van der Waals surface area contributed by atoms with Crippen LogP contribution in [0.5, 0.6) is 5.75 Å². The molecule has 0 fully saturated rings. The van der Waals surface area contributed by atoms with Crippen LogP contribution in [0.1, 0.15) is 5.89 Å². The second-order valence-corrected chi connectivity index (χ2v) is 5.85. The van der Waals surface area contributed by atoms with Gasteiger partial charge in [0.15, 0.2) is 6.61 Å². The SMILES string of the molecule is O=C(COc1cc(Cl)ccc1Cl)NCc1nnc(-c2ccccc2)o1. The number of hydrogen-bond donors (Lipinski definition) is 1. The van der Waals surface area contributed by atoms with Crippen LogP contribution < -0.4 is 10.1 Å². The van der Waals surface area contributed by atoms with Crippen LogP contribution in [0.4, 0.5) is 0 Å². The molecule has 6 nitrogen and oxygen atoms in total. The Morgan fingerprint density at radius 1 is 1.12 bits per heavy atom. The highest BCUT2D eigenvalue weighted by Gasteiger charge is 2.11. The van der Waals surface area contributed by atoms with Crippen LogP contribution in [0, 0.1) is 0 Å². The molecule has 0 bridgehead atoms. The Bertz CT molecular complexity index is 869. The van der Waals surface area contributed by atoms with Gasteiger partial charge in [0.25, 0.3) is 5.91 Å². The normalized spacial score (nSPS) is 10.5. The topological polar surface area (TPSA) is 77.2 Å². The average Bonchev–Trinajstić information content (AvgIpc) is 3.10. The summed E-state index contributed by atoms with van der Waals surface area (Å²) in [7, 11) is 0. The van der Waals surface area contributed by atoms with E-state index in [1.54, 1.807) is 18.2 Å². The fraction of sp³-hybridized carbons (Fsp3) is 0.118. The van der Waals surface area contributed by atoms with Gasteiger partial charge >= 0.3 is 0 Å². The van der Waals surface area contributed by atoms with Crippen LogP contribution in [0.25, 0.3) is 11.5 Å². The van der Waals surface area contributed by atoms with E-state index in [-0.39, 0.29) is 19.1 Å². The lowest BCUT2D eigenvalue weighted by atomic mass is 10.2. The first-order valence-corrected chi connectivity index (χ1v) is 8.10. The van der Waals surface area contributed by atoms with Crippen LogP contribution in [-0.2, 0) is 11.3 Å². The minimum Gasteiger partial charge on any atom is -0.482 e. The Hall–Kier alpha value is -2.57. The number of hydrogen-bond acceptors (Lipinski definition) is 5. The van der Waals surface area contributed by atoms with Gasteiger partial charge in [-0.2, -0.15) is 0 Å². The number of nitrogens with zero attached hydrogens (tertiary/aromatic N) is 2. The van der Waals surface area contributed by atoms with Crippen LogP contribution in [0.15, 0.2) is 52.9 Å². The maximum atomic E-state index is 11.9. The second-order valence-electron chi connectivity index (χ2n) is 5.01. The van der Waals surface area contributed by atoms with Gasteiger partial charge in [0.2, 0.25) is 11.8 Å². The first-order valence-electron chi connectivity index (χ1n) is 7.34. The van der Waals surface area contributed by atoms with Crippen LogP contribution in [-0.4, -0.2) is 22.7 Å². The summed E-state index contributed by atoms with van der Waals surface area (Å²) in [4.78, 5) is 11.9. The highest BCUT2D eigenvalue weighted by Crippen LogP contribution is 2.27. The van der Waals surface area contributed by atoms with Crippen molar-refractivity contribution in [3.8, 4) is 17.2 Å². The summed E-state index contributed by atoms with van der Waals surface area (Å²) < 4.78 is 10.8. The molecule has 0 spiro atoms. The van der Waals surface area contributed by atoms with Crippen molar-refractivity contribution >= 4 is 29.1 Å². The van der Waals surface area contributed by atoms with E-state index in [0.29, 0.717) is 27.6 Å². The summed E-state index contributed by atoms with van der Waals surface area (Å²) in [6.45, 7) is -0.106. The average molecular weight is 378 g/mol. The van der Waals surface area contributed by atoms with Crippen molar-refractivity contribution in [2.75, 3.05) is 6.61 Å². The molecule has 0 aliphatic carbocycles. The zero-order valence-corrected chi connectivity index (χ0v) is 14.4. The third-order valence-corrected chi connectivity index (χ3v) is 3.72. The molecule has 2 aromatic carbocycles. The van der Waals surface area contributed by atoms with Crippen molar-refractivity contribution in [3.05, 3.63) is 64.5 Å². The summed E-state index contributed by atoms with van der Waals surface area (Å²) in [5, 5.41) is 11.3. The monoisotopic (exact) mass is 377 g/mol. The lowest BCUT2D eigenvalue weighted by molar-refractivity contribution is -0.123. The van der Waals surface area contributed by atoms with Gasteiger partial charge in [-0.3, -0.25) is 4.79 Å². The van der Waals surface area contributed by atoms with E-state index in [1.807, 2.05) is 30.3 Å². The lowest BCUT2D eigenvalue weighted by Gasteiger charge is -2.08. The van der Waals surface area contributed by atoms with Crippen molar-refractivity contribution in [2.45, 2.75) is 6.54 Å². The number of benzene rings is 2. The molecule has 1 amide bonds. The summed E-state index contributed by atoms with van der Waals surface area (Å²) in [6.07, 6.45) is 0. The molecule has 0 radical (unpaired) electrons. The van der Waals surface area contributed by atoms with Crippen molar-refractivity contribution in [1.82, 2.24) is 15.5 Å². The van der Waals surface area contributed by atoms with E-state index >= 15 is 0 Å². The van der Waals surface area contributed by atoms with E-state index in [0.717, 1.165) is 5.56 Å². The summed E-state index contributed by atoms with van der Waals surface area (Å²) in [5.41, 5.74) is 0.812. The molecule has 1 aromatic heterocycles. The molecule has 1 heterocycles. The Morgan fingerprint density at radius 3 is 2.72 bits per heavy atom. The van der Waals surface area contributed by atoms with E-state index < -0.39 is 0 Å². The molecule has 0 saturated heterocycles. The van der Waals surface area contributed by atoms with E-state index in [4.69, 9.17) is 32.4 Å². The number of carbonyl (C=O) groups excluding carboxylic acids is 1. The third-order valence-electron chi connectivity index (χ3n) is 3.18. The van der Waals surface area contributed by atoms with E-state index in [1.165, 1.54) is 0 Å².